The van der Waals surface area contributed by atoms with Gasteiger partial charge in [0, 0.05) is 19.0 Å². The molecule has 0 saturated heterocycles. The van der Waals surface area contributed by atoms with E-state index in [0.717, 1.165) is 24.2 Å². The molecule has 1 aliphatic heterocycles. The molecule has 3 rings (SSSR count). The Morgan fingerprint density at radius 3 is 2.18 bits per heavy atom. The van der Waals surface area contributed by atoms with Gasteiger partial charge in [0.15, 0.2) is 11.5 Å². The van der Waals surface area contributed by atoms with Gasteiger partial charge < -0.3 is 23.7 Å². The molecular weight excluding hydrogens is 480 g/mol. The van der Waals surface area contributed by atoms with Crippen molar-refractivity contribution in [2.24, 2.45) is 0 Å². The molecule has 0 spiro atoms. The van der Waals surface area contributed by atoms with Gasteiger partial charge in [-0.3, -0.25) is 9.59 Å². The molecule has 1 aromatic heterocycles. The maximum atomic E-state index is 13.6. The van der Waals surface area contributed by atoms with Crippen LogP contribution in [0.25, 0.3) is 0 Å². The molecule has 2 amide bonds. The zero-order valence-corrected chi connectivity index (χ0v) is 23.8. The summed E-state index contributed by atoms with van der Waals surface area (Å²) in [5, 5.41) is 0. The molecule has 0 unspecified atom stereocenters. The summed E-state index contributed by atoms with van der Waals surface area (Å²) < 4.78 is 16.7. The minimum Gasteiger partial charge on any atom is -0.464 e. The normalized spacial score (nSPS) is 12.2. The summed E-state index contributed by atoms with van der Waals surface area (Å²) in [4.78, 5) is 30.1. The van der Waals surface area contributed by atoms with E-state index in [9.17, 15) is 9.59 Å². The van der Waals surface area contributed by atoms with Crippen LogP contribution in [0, 0.1) is 6.92 Å². The quantitative estimate of drug-likeness (QED) is 0.207. The highest BCUT2D eigenvalue weighted by Crippen LogP contribution is 2.33. The number of ether oxygens (including phenoxy) is 2. The molecule has 0 radical (unpaired) electrons. The van der Waals surface area contributed by atoms with Crippen molar-refractivity contribution in [3.05, 3.63) is 47.4 Å². The van der Waals surface area contributed by atoms with Crippen molar-refractivity contribution in [3.8, 4) is 11.5 Å². The summed E-state index contributed by atoms with van der Waals surface area (Å²) in [7, 11) is 0. The van der Waals surface area contributed by atoms with Crippen molar-refractivity contribution in [2.75, 3.05) is 13.3 Å². The van der Waals surface area contributed by atoms with Gasteiger partial charge in [-0.1, -0.05) is 64.4 Å². The number of fused-ring (bicyclic) bond motifs is 1. The largest absolute Gasteiger partial charge is 0.464 e. The number of amides is 2. The van der Waals surface area contributed by atoms with Crippen molar-refractivity contribution < 1.29 is 23.5 Å². The third-order valence-electron chi connectivity index (χ3n) is 7.05. The number of nitrogens with zero attached hydrogens (tertiary/aromatic N) is 2. The standard InChI is InChI=1S/C31H46N2O5/c1-5-6-7-8-9-10-11-12-13-14-30(34)33(24(2)3)22-31(35)32(21-27-17-15-25(4)38-27)20-26-16-18-28-29(19-26)37-23-36-28/h15-19,24H,5-14,20-23H2,1-4H3. The Morgan fingerprint density at radius 1 is 0.842 bits per heavy atom. The summed E-state index contributed by atoms with van der Waals surface area (Å²) in [6.45, 7) is 9.04. The number of carbonyl (C=O) groups is 2. The Kier molecular flexibility index (Phi) is 12.0. The fourth-order valence-electron chi connectivity index (χ4n) is 4.79. The van der Waals surface area contributed by atoms with Crippen molar-refractivity contribution in [1.29, 1.82) is 0 Å². The SMILES string of the molecule is CCCCCCCCCCCC(=O)N(CC(=O)N(Cc1ccc2c(c1)OCO2)Cc1ccc(C)o1)C(C)C. The molecule has 210 valence electrons. The molecule has 0 N–H and O–H groups in total. The second-order valence-corrected chi connectivity index (χ2v) is 10.6. The molecule has 0 aliphatic carbocycles. The Labute approximate surface area is 228 Å². The minimum atomic E-state index is -0.106. The molecule has 2 aromatic rings. The second kappa shape index (κ2) is 15.5. The molecule has 0 bridgehead atoms. The first-order valence-corrected chi connectivity index (χ1v) is 14.4. The average molecular weight is 527 g/mol. The van der Waals surface area contributed by atoms with Gasteiger partial charge in [-0.2, -0.15) is 0 Å². The molecule has 7 heteroatoms. The number of unbranched alkanes of at least 4 members (excludes halogenated alkanes) is 8. The first kappa shape index (κ1) is 29.6. The van der Waals surface area contributed by atoms with Crippen molar-refractivity contribution >= 4 is 11.8 Å². The van der Waals surface area contributed by atoms with Gasteiger partial charge in [0.25, 0.3) is 0 Å². The Bertz CT molecular complexity index is 1020. The molecule has 1 aliphatic rings. The molecule has 2 heterocycles. The third-order valence-corrected chi connectivity index (χ3v) is 7.05. The monoisotopic (exact) mass is 526 g/mol. The fraction of sp³-hybridized carbons (Fsp3) is 0.613. The number of carbonyl (C=O) groups excluding carboxylic acids is 2. The number of hydrogen-bond acceptors (Lipinski definition) is 5. The van der Waals surface area contributed by atoms with Crippen molar-refractivity contribution in [1.82, 2.24) is 9.80 Å². The van der Waals surface area contributed by atoms with Crippen LogP contribution in [0.5, 0.6) is 11.5 Å². The highest BCUT2D eigenvalue weighted by atomic mass is 16.7. The number of furan rings is 1. The molecule has 0 saturated carbocycles. The summed E-state index contributed by atoms with van der Waals surface area (Å²) in [6, 6.07) is 9.45. The third kappa shape index (κ3) is 9.41. The number of hydrogen-bond donors (Lipinski definition) is 0. The van der Waals surface area contributed by atoms with Crippen LogP contribution in [0.2, 0.25) is 0 Å². The van der Waals surface area contributed by atoms with Crippen LogP contribution in [0.4, 0.5) is 0 Å². The lowest BCUT2D eigenvalue weighted by atomic mass is 10.1. The molecule has 1 aromatic carbocycles. The predicted molar refractivity (Wildman–Crippen MR) is 149 cm³/mol. The lowest BCUT2D eigenvalue weighted by molar-refractivity contribution is -0.143. The van der Waals surface area contributed by atoms with Gasteiger partial charge >= 0.3 is 0 Å². The van der Waals surface area contributed by atoms with Crippen LogP contribution < -0.4 is 9.47 Å². The molecule has 38 heavy (non-hydrogen) atoms. The van der Waals surface area contributed by atoms with Crippen LogP contribution in [0.3, 0.4) is 0 Å². The Balaban J connectivity index is 1.55. The Morgan fingerprint density at radius 2 is 1.53 bits per heavy atom. The Hall–Kier alpha value is -2.96. The molecular formula is C31H46N2O5. The lowest BCUT2D eigenvalue weighted by Gasteiger charge is -2.30. The zero-order valence-electron chi connectivity index (χ0n) is 23.8. The maximum Gasteiger partial charge on any atom is 0.242 e. The molecule has 0 atom stereocenters. The van der Waals surface area contributed by atoms with Crippen LogP contribution in [0.1, 0.15) is 102 Å². The topological polar surface area (TPSA) is 72.2 Å². The number of benzene rings is 1. The highest BCUT2D eigenvalue weighted by molar-refractivity contribution is 5.85. The van der Waals surface area contributed by atoms with Crippen LogP contribution >= 0.6 is 0 Å². The first-order valence-electron chi connectivity index (χ1n) is 14.4. The first-order chi connectivity index (χ1) is 18.4. The van der Waals surface area contributed by atoms with E-state index in [4.69, 9.17) is 13.9 Å². The smallest absolute Gasteiger partial charge is 0.242 e. The van der Waals surface area contributed by atoms with Crippen LogP contribution in [0.15, 0.2) is 34.7 Å². The van der Waals surface area contributed by atoms with E-state index >= 15 is 0 Å². The van der Waals surface area contributed by atoms with E-state index in [2.05, 4.69) is 6.92 Å². The van der Waals surface area contributed by atoms with E-state index < -0.39 is 0 Å². The fourth-order valence-corrected chi connectivity index (χ4v) is 4.79. The summed E-state index contributed by atoms with van der Waals surface area (Å²) in [5.41, 5.74) is 0.933. The van der Waals surface area contributed by atoms with Crippen LogP contribution in [-0.2, 0) is 22.7 Å². The van der Waals surface area contributed by atoms with Gasteiger partial charge in [-0.15, -0.1) is 0 Å². The number of aryl methyl sites for hydroxylation is 1. The summed E-state index contributed by atoms with van der Waals surface area (Å²) >= 11 is 0. The second-order valence-electron chi connectivity index (χ2n) is 10.6. The average Bonchev–Trinajstić information content (AvgIpc) is 3.53. The minimum absolute atomic E-state index is 0.0492. The van der Waals surface area contributed by atoms with Gasteiger partial charge in [0.05, 0.1) is 13.1 Å². The van der Waals surface area contributed by atoms with E-state index in [0.29, 0.717) is 36.8 Å². The maximum absolute atomic E-state index is 13.6. The van der Waals surface area contributed by atoms with E-state index in [-0.39, 0.29) is 31.2 Å². The van der Waals surface area contributed by atoms with Crippen LogP contribution in [-0.4, -0.2) is 41.0 Å². The highest BCUT2D eigenvalue weighted by Gasteiger charge is 2.25. The summed E-state index contributed by atoms with van der Waals surface area (Å²) in [6.07, 6.45) is 11.4. The van der Waals surface area contributed by atoms with Gasteiger partial charge in [0.2, 0.25) is 18.6 Å². The molecule has 0 fully saturated rings. The summed E-state index contributed by atoms with van der Waals surface area (Å²) in [5.74, 6) is 2.85. The van der Waals surface area contributed by atoms with Crippen molar-refractivity contribution in [2.45, 2.75) is 111 Å². The number of rotatable bonds is 17. The van der Waals surface area contributed by atoms with Gasteiger partial charge in [-0.05, 0) is 57.0 Å². The van der Waals surface area contributed by atoms with Crippen molar-refractivity contribution in [3.63, 3.8) is 0 Å². The van der Waals surface area contributed by atoms with E-state index in [1.165, 1.54) is 44.9 Å². The van der Waals surface area contributed by atoms with E-state index in [1.54, 1.807) is 9.80 Å². The zero-order chi connectivity index (χ0) is 27.3. The molecule has 7 nitrogen and oxygen atoms in total. The lowest BCUT2D eigenvalue weighted by Crippen LogP contribution is -2.45. The van der Waals surface area contributed by atoms with Gasteiger partial charge in [-0.25, -0.2) is 0 Å². The van der Waals surface area contributed by atoms with E-state index in [1.807, 2.05) is 51.1 Å². The van der Waals surface area contributed by atoms with Gasteiger partial charge in [0.1, 0.15) is 11.5 Å². The predicted octanol–water partition coefficient (Wildman–Crippen LogP) is 7.00.